The summed E-state index contributed by atoms with van der Waals surface area (Å²) in [7, 11) is 1.83. The lowest BCUT2D eigenvalue weighted by Gasteiger charge is -2.12. The largest absolute Gasteiger partial charge is 0.337 e. The molecule has 0 atom stereocenters. The van der Waals surface area contributed by atoms with E-state index in [1.165, 1.54) is 6.07 Å². The average molecular weight is 303 g/mol. The first kappa shape index (κ1) is 15.5. The number of amides is 2. The van der Waals surface area contributed by atoms with Crippen molar-refractivity contribution in [1.82, 2.24) is 14.9 Å². The third-order valence-electron chi connectivity index (χ3n) is 3.41. The molecule has 1 aromatic carbocycles. The first-order valence-electron chi connectivity index (χ1n) is 6.65. The lowest BCUT2D eigenvalue weighted by Crippen LogP contribution is -2.29. The minimum absolute atomic E-state index is 0.0231. The second kappa shape index (κ2) is 6.25. The zero-order valence-corrected chi connectivity index (χ0v) is 12.6. The second-order valence-electron chi connectivity index (χ2n) is 4.92. The van der Waals surface area contributed by atoms with Gasteiger partial charge in [-0.05, 0) is 19.4 Å². The summed E-state index contributed by atoms with van der Waals surface area (Å²) in [5.74, 6) is 0.711. The number of hydrogen-bond donors (Lipinski definition) is 2. The summed E-state index contributed by atoms with van der Waals surface area (Å²) in [6, 6.07) is 2.61. The molecule has 0 spiro atoms. The van der Waals surface area contributed by atoms with E-state index in [1.807, 2.05) is 7.05 Å². The summed E-state index contributed by atoms with van der Waals surface area (Å²) < 4.78 is 1.80. The van der Waals surface area contributed by atoms with Crippen LogP contribution in [0.4, 0.5) is 16.2 Å². The SMILES string of the molecule is Cc1ccc([N+](=O)[O-])c(C)c1NC(=O)NCc1nccn1C. The van der Waals surface area contributed by atoms with E-state index in [4.69, 9.17) is 0 Å². The molecule has 0 saturated carbocycles. The van der Waals surface area contributed by atoms with E-state index in [0.29, 0.717) is 17.1 Å². The summed E-state index contributed by atoms with van der Waals surface area (Å²) in [6.45, 7) is 3.66. The summed E-state index contributed by atoms with van der Waals surface area (Å²) >= 11 is 0. The molecular formula is C14H17N5O3. The molecule has 1 heterocycles. The maximum absolute atomic E-state index is 12.0. The van der Waals surface area contributed by atoms with E-state index in [-0.39, 0.29) is 12.2 Å². The predicted molar refractivity (Wildman–Crippen MR) is 81.6 cm³/mol. The maximum atomic E-state index is 12.0. The number of aryl methyl sites for hydroxylation is 2. The van der Waals surface area contributed by atoms with Crippen LogP contribution in [-0.2, 0) is 13.6 Å². The van der Waals surface area contributed by atoms with Gasteiger partial charge in [-0.1, -0.05) is 6.07 Å². The van der Waals surface area contributed by atoms with Crippen LogP contribution in [0.2, 0.25) is 0 Å². The normalized spacial score (nSPS) is 10.3. The van der Waals surface area contributed by atoms with Crippen LogP contribution in [0.25, 0.3) is 0 Å². The Labute approximate surface area is 127 Å². The van der Waals surface area contributed by atoms with Gasteiger partial charge in [0.2, 0.25) is 0 Å². The van der Waals surface area contributed by atoms with E-state index < -0.39 is 11.0 Å². The Kier molecular flexibility index (Phi) is 4.40. The molecule has 0 saturated heterocycles. The van der Waals surface area contributed by atoms with Crippen molar-refractivity contribution in [2.45, 2.75) is 20.4 Å². The minimum Gasteiger partial charge on any atom is -0.337 e. The quantitative estimate of drug-likeness (QED) is 0.668. The highest BCUT2D eigenvalue weighted by Crippen LogP contribution is 2.28. The number of carbonyl (C=O) groups is 1. The van der Waals surface area contributed by atoms with Crippen molar-refractivity contribution in [2.75, 3.05) is 5.32 Å². The number of urea groups is 1. The number of aromatic nitrogens is 2. The molecule has 8 nitrogen and oxygen atoms in total. The van der Waals surface area contributed by atoms with Crippen LogP contribution in [0.15, 0.2) is 24.5 Å². The van der Waals surface area contributed by atoms with Crippen molar-refractivity contribution in [1.29, 1.82) is 0 Å². The van der Waals surface area contributed by atoms with Gasteiger partial charge in [-0.2, -0.15) is 0 Å². The predicted octanol–water partition coefficient (Wildman–Crippen LogP) is 2.27. The van der Waals surface area contributed by atoms with Crippen molar-refractivity contribution in [3.63, 3.8) is 0 Å². The molecule has 8 heteroatoms. The molecule has 0 aliphatic carbocycles. The lowest BCUT2D eigenvalue weighted by molar-refractivity contribution is -0.385. The van der Waals surface area contributed by atoms with Crippen LogP contribution < -0.4 is 10.6 Å². The molecule has 0 aliphatic rings. The lowest BCUT2D eigenvalue weighted by atomic mass is 10.1. The van der Waals surface area contributed by atoms with Gasteiger partial charge in [-0.3, -0.25) is 10.1 Å². The molecule has 116 valence electrons. The Morgan fingerprint density at radius 1 is 1.41 bits per heavy atom. The monoisotopic (exact) mass is 303 g/mol. The van der Waals surface area contributed by atoms with Gasteiger partial charge in [-0.15, -0.1) is 0 Å². The Balaban J connectivity index is 2.10. The van der Waals surface area contributed by atoms with E-state index in [2.05, 4.69) is 15.6 Å². The molecule has 0 bridgehead atoms. The number of benzene rings is 1. The van der Waals surface area contributed by atoms with Crippen LogP contribution in [0.5, 0.6) is 0 Å². The van der Waals surface area contributed by atoms with Crippen LogP contribution >= 0.6 is 0 Å². The smallest absolute Gasteiger partial charge is 0.319 e. The van der Waals surface area contributed by atoms with Crippen LogP contribution in [0.1, 0.15) is 17.0 Å². The fourth-order valence-electron chi connectivity index (χ4n) is 2.11. The van der Waals surface area contributed by atoms with Crippen molar-refractivity contribution < 1.29 is 9.72 Å². The average Bonchev–Trinajstić information content (AvgIpc) is 2.86. The zero-order valence-electron chi connectivity index (χ0n) is 12.6. The molecular weight excluding hydrogens is 286 g/mol. The zero-order chi connectivity index (χ0) is 16.3. The fourth-order valence-corrected chi connectivity index (χ4v) is 2.11. The van der Waals surface area contributed by atoms with Crippen molar-refractivity contribution in [3.8, 4) is 0 Å². The van der Waals surface area contributed by atoms with Gasteiger partial charge in [-0.25, -0.2) is 9.78 Å². The molecule has 2 amide bonds. The highest BCUT2D eigenvalue weighted by molar-refractivity contribution is 5.91. The molecule has 0 aliphatic heterocycles. The van der Waals surface area contributed by atoms with E-state index in [0.717, 1.165) is 5.56 Å². The van der Waals surface area contributed by atoms with Gasteiger partial charge in [0, 0.05) is 25.5 Å². The van der Waals surface area contributed by atoms with Gasteiger partial charge < -0.3 is 15.2 Å². The number of rotatable bonds is 4. The number of imidazole rings is 1. The van der Waals surface area contributed by atoms with Crippen LogP contribution in [-0.4, -0.2) is 20.5 Å². The van der Waals surface area contributed by atoms with Crippen molar-refractivity contribution in [2.24, 2.45) is 7.05 Å². The van der Waals surface area contributed by atoms with Gasteiger partial charge in [0.1, 0.15) is 5.82 Å². The molecule has 22 heavy (non-hydrogen) atoms. The van der Waals surface area contributed by atoms with Gasteiger partial charge >= 0.3 is 6.03 Å². The standard InChI is InChI=1S/C14H17N5O3/c1-9-4-5-11(19(21)22)10(2)13(9)17-14(20)16-8-12-15-6-7-18(12)3/h4-7H,8H2,1-3H3,(H2,16,17,20). The first-order chi connectivity index (χ1) is 10.4. The van der Waals surface area contributed by atoms with Gasteiger partial charge in [0.25, 0.3) is 5.69 Å². The fraction of sp³-hybridized carbons (Fsp3) is 0.286. The summed E-state index contributed by atoms with van der Waals surface area (Å²) in [6.07, 6.45) is 3.42. The third-order valence-corrected chi connectivity index (χ3v) is 3.41. The molecule has 0 radical (unpaired) electrons. The Hall–Kier alpha value is -2.90. The van der Waals surface area contributed by atoms with Crippen LogP contribution in [0.3, 0.4) is 0 Å². The van der Waals surface area contributed by atoms with Gasteiger partial charge in [0.05, 0.1) is 22.7 Å². The molecule has 2 N–H and O–H groups in total. The topological polar surface area (TPSA) is 102 Å². The third kappa shape index (κ3) is 3.22. The molecule has 0 fully saturated rings. The maximum Gasteiger partial charge on any atom is 0.319 e. The van der Waals surface area contributed by atoms with E-state index >= 15 is 0 Å². The summed E-state index contributed by atoms with van der Waals surface area (Å²) in [5, 5.41) is 16.3. The molecule has 0 unspecified atom stereocenters. The number of nitrogens with zero attached hydrogens (tertiary/aromatic N) is 3. The number of hydrogen-bond acceptors (Lipinski definition) is 4. The molecule has 2 rings (SSSR count). The van der Waals surface area contributed by atoms with E-state index in [9.17, 15) is 14.9 Å². The molecule has 1 aromatic heterocycles. The Morgan fingerprint density at radius 2 is 2.14 bits per heavy atom. The Bertz CT molecular complexity index is 723. The van der Waals surface area contributed by atoms with Crippen LogP contribution in [0, 0.1) is 24.0 Å². The van der Waals surface area contributed by atoms with Crippen molar-refractivity contribution >= 4 is 17.4 Å². The summed E-state index contributed by atoms with van der Waals surface area (Å²) in [4.78, 5) is 26.6. The summed E-state index contributed by atoms with van der Waals surface area (Å²) in [5.41, 5.74) is 1.61. The number of nitrogens with one attached hydrogen (secondary N) is 2. The van der Waals surface area contributed by atoms with E-state index in [1.54, 1.807) is 36.9 Å². The highest BCUT2D eigenvalue weighted by Gasteiger charge is 2.17. The van der Waals surface area contributed by atoms with Crippen molar-refractivity contribution in [3.05, 3.63) is 51.6 Å². The number of nitro groups is 1. The number of carbonyl (C=O) groups excluding carboxylic acids is 1. The minimum atomic E-state index is -0.467. The number of nitro benzene ring substituents is 1. The van der Waals surface area contributed by atoms with Gasteiger partial charge in [0.15, 0.2) is 0 Å². The molecule has 2 aromatic rings. The number of anilines is 1. The highest BCUT2D eigenvalue weighted by atomic mass is 16.6. The first-order valence-corrected chi connectivity index (χ1v) is 6.65. The second-order valence-corrected chi connectivity index (χ2v) is 4.92. The Morgan fingerprint density at radius 3 is 2.73 bits per heavy atom.